The van der Waals surface area contributed by atoms with Crippen molar-refractivity contribution in [2.24, 2.45) is 5.16 Å². The fourth-order valence-electron chi connectivity index (χ4n) is 3.34. The molecule has 0 aliphatic rings. The summed E-state index contributed by atoms with van der Waals surface area (Å²) < 4.78 is 21.9. The second-order valence-corrected chi connectivity index (χ2v) is 6.70. The lowest BCUT2D eigenvalue weighted by molar-refractivity contribution is 0.210. The maximum absolute atomic E-state index is 12.5. The van der Waals surface area contributed by atoms with Crippen molar-refractivity contribution < 1.29 is 23.5 Å². The molecule has 0 saturated carbocycles. The van der Waals surface area contributed by atoms with E-state index < -0.39 is 5.63 Å². The number of benzene rings is 3. The number of oxime groups is 1. The van der Waals surface area contributed by atoms with Gasteiger partial charge in [-0.15, -0.1) is 0 Å². The van der Waals surface area contributed by atoms with Crippen LogP contribution >= 0.6 is 0 Å². The van der Waals surface area contributed by atoms with Crippen LogP contribution in [0.5, 0.6) is 17.2 Å². The first kappa shape index (κ1) is 20.3. The molecule has 0 aliphatic carbocycles. The molecule has 0 atom stereocenters. The van der Waals surface area contributed by atoms with E-state index in [0.717, 1.165) is 16.3 Å². The van der Waals surface area contributed by atoms with Crippen molar-refractivity contribution in [2.75, 3.05) is 27.9 Å². The van der Waals surface area contributed by atoms with E-state index in [-0.39, 0.29) is 6.61 Å². The number of nitrogens with zero attached hydrogens (tertiary/aromatic N) is 1. The van der Waals surface area contributed by atoms with Crippen molar-refractivity contribution in [1.82, 2.24) is 0 Å². The molecular formula is C24H21NO6. The molecule has 4 aromatic rings. The fraction of sp³-hybridized carbons (Fsp3) is 0.167. The Labute approximate surface area is 178 Å². The van der Waals surface area contributed by atoms with Gasteiger partial charge in [-0.1, -0.05) is 17.3 Å². The zero-order valence-corrected chi connectivity index (χ0v) is 17.4. The largest absolute Gasteiger partial charge is 0.497 e. The van der Waals surface area contributed by atoms with Crippen molar-refractivity contribution in [1.29, 1.82) is 0 Å². The van der Waals surface area contributed by atoms with Gasteiger partial charge >= 0.3 is 5.63 Å². The summed E-state index contributed by atoms with van der Waals surface area (Å²) in [7, 11) is 4.64. The third kappa shape index (κ3) is 4.16. The van der Waals surface area contributed by atoms with Crippen molar-refractivity contribution in [3.8, 4) is 17.2 Å². The molecule has 0 spiro atoms. The van der Waals surface area contributed by atoms with Gasteiger partial charge in [-0.3, -0.25) is 0 Å². The molecule has 158 valence electrons. The molecule has 0 aliphatic heterocycles. The molecule has 0 saturated heterocycles. The van der Waals surface area contributed by atoms with Crippen LogP contribution in [-0.4, -0.2) is 33.6 Å². The Morgan fingerprint density at radius 3 is 2.35 bits per heavy atom. The van der Waals surface area contributed by atoms with Gasteiger partial charge in [-0.2, -0.15) is 0 Å². The molecule has 0 bridgehead atoms. The van der Waals surface area contributed by atoms with Crippen molar-refractivity contribution in [3.05, 3.63) is 76.6 Å². The molecule has 7 nitrogen and oxygen atoms in total. The number of hydrogen-bond acceptors (Lipinski definition) is 7. The van der Waals surface area contributed by atoms with Gasteiger partial charge in [0.15, 0.2) is 0 Å². The zero-order chi connectivity index (χ0) is 21.8. The first-order chi connectivity index (χ1) is 15.1. The van der Waals surface area contributed by atoms with Crippen LogP contribution in [0.25, 0.3) is 21.7 Å². The highest BCUT2D eigenvalue weighted by Crippen LogP contribution is 2.28. The lowest BCUT2D eigenvalue weighted by Crippen LogP contribution is -2.13. The minimum absolute atomic E-state index is 0.154. The molecule has 0 N–H and O–H groups in total. The highest BCUT2D eigenvalue weighted by Gasteiger charge is 2.11. The quantitative estimate of drug-likeness (QED) is 0.191. The summed E-state index contributed by atoms with van der Waals surface area (Å²) in [5.74, 6) is 1.84. The molecule has 1 heterocycles. The predicted octanol–water partition coefficient (Wildman–Crippen LogP) is 4.39. The minimum atomic E-state index is -0.434. The third-order valence-electron chi connectivity index (χ3n) is 4.87. The van der Waals surface area contributed by atoms with E-state index in [0.29, 0.717) is 33.9 Å². The van der Waals surface area contributed by atoms with E-state index in [4.69, 9.17) is 23.5 Å². The average molecular weight is 419 g/mol. The molecule has 7 heteroatoms. The van der Waals surface area contributed by atoms with Crippen LogP contribution in [0.2, 0.25) is 0 Å². The van der Waals surface area contributed by atoms with Crippen LogP contribution in [0.3, 0.4) is 0 Å². The first-order valence-electron chi connectivity index (χ1n) is 9.55. The predicted molar refractivity (Wildman–Crippen MR) is 119 cm³/mol. The second-order valence-electron chi connectivity index (χ2n) is 6.70. The third-order valence-corrected chi connectivity index (χ3v) is 4.87. The molecule has 0 unspecified atom stereocenters. The van der Waals surface area contributed by atoms with Gasteiger partial charge in [0.25, 0.3) is 0 Å². The molecule has 1 aromatic heterocycles. The van der Waals surface area contributed by atoms with Crippen LogP contribution in [0.4, 0.5) is 0 Å². The van der Waals surface area contributed by atoms with Gasteiger partial charge in [-0.25, -0.2) is 4.79 Å². The molecule has 0 fully saturated rings. The van der Waals surface area contributed by atoms with E-state index in [9.17, 15) is 4.79 Å². The Hall–Kier alpha value is -4.00. The lowest BCUT2D eigenvalue weighted by Gasteiger charge is -2.11. The second kappa shape index (κ2) is 8.79. The number of fused-ring (bicyclic) bond motifs is 3. The van der Waals surface area contributed by atoms with Gasteiger partial charge in [-0.05, 0) is 42.5 Å². The standard InChI is InChI=1S/C24H21NO6/c1-27-16-6-4-5-15(11-16)22(25-29-3)14-30-18-8-10-20-19-9-7-17(28-2)12-21(19)24(26)31-23(20)13-18/h4-13H,14H2,1-3H3/b25-22+. The Bertz CT molecular complexity index is 1320. The van der Waals surface area contributed by atoms with E-state index in [1.165, 1.54) is 7.11 Å². The van der Waals surface area contributed by atoms with Crippen LogP contribution in [0.1, 0.15) is 5.56 Å². The van der Waals surface area contributed by atoms with Gasteiger partial charge < -0.3 is 23.5 Å². The van der Waals surface area contributed by atoms with Gasteiger partial charge in [0.05, 0.1) is 19.6 Å². The monoisotopic (exact) mass is 419 g/mol. The topological polar surface area (TPSA) is 79.5 Å². The SMILES string of the molecule is CO/N=C(\COc1ccc2c(c1)oc(=O)c1cc(OC)ccc12)c1cccc(OC)c1. The van der Waals surface area contributed by atoms with Gasteiger partial charge in [0.2, 0.25) is 0 Å². The highest BCUT2D eigenvalue weighted by molar-refractivity contribution is 6.05. The summed E-state index contributed by atoms with van der Waals surface area (Å²) in [5, 5.41) is 6.13. The first-order valence-corrected chi connectivity index (χ1v) is 9.55. The van der Waals surface area contributed by atoms with E-state index in [1.807, 2.05) is 48.5 Å². The minimum Gasteiger partial charge on any atom is -0.497 e. The summed E-state index contributed by atoms with van der Waals surface area (Å²) >= 11 is 0. The van der Waals surface area contributed by atoms with Crippen LogP contribution in [0, 0.1) is 0 Å². The fourth-order valence-corrected chi connectivity index (χ4v) is 3.34. The maximum Gasteiger partial charge on any atom is 0.344 e. The molecule has 3 aromatic carbocycles. The van der Waals surface area contributed by atoms with Crippen molar-refractivity contribution in [3.63, 3.8) is 0 Å². The normalized spacial score (nSPS) is 11.5. The smallest absolute Gasteiger partial charge is 0.344 e. The van der Waals surface area contributed by atoms with E-state index in [1.54, 1.807) is 26.4 Å². The Kier molecular flexibility index (Phi) is 5.75. The summed E-state index contributed by atoms with van der Waals surface area (Å²) in [6, 6.07) is 18.2. The molecule has 0 amide bonds. The zero-order valence-electron chi connectivity index (χ0n) is 17.4. The van der Waals surface area contributed by atoms with Crippen LogP contribution in [-0.2, 0) is 4.84 Å². The maximum atomic E-state index is 12.5. The summed E-state index contributed by atoms with van der Waals surface area (Å²) in [4.78, 5) is 17.4. The molecule has 0 radical (unpaired) electrons. The Balaban J connectivity index is 1.64. The van der Waals surface area contributed by atoms with Gasteiger partial charge in [0, 0.05) is 22.4 Å². The Morgan fingerprint density at radius 2 is 1.58 bits per heavy atom. The number of ether oxygens (including phenoxy) is 3. The van der Waals surface area contributed by atoms with Crippen LogP contribution < -0.4 is 19.8 Å². The summed E-state index contributed by atoms with van der Waals surface area (Å²) in [6.07, 6.45) is 0. The van der Waals surface area contributed by atoms with E-state index >= 15 is 0 Å². The molecular weight excluding hydrogens is 398 g/mol. The Morgan fingerprint density at radius 1 is 0.839 bits per heavy atom. The van der Waals surface area contributed by atoms with Crippen molar-refractivity contribution in [2.45, 2.75) is 0 Å². The number of rotatable bonds is 7. The molecule has 4 rings (SSSR count). The lowest BCUT2D eigenvalue weighted by atomic mass is 10.1. The summed E-state index contributed by atoms with van der Waals surface area (Å²) in [6.45, 7) is 0.154. The molecule has 31 heavy (non-hydrogen) atoms. The highest BCUT2D eigenvalue weighted by atomic mass is 16.6. The van der Waals surface area contributed by atoms with Crippen molar-refractivity contribution >= 4 is 27.5 Å². The summed E-state index contributed by atoms with van der Waals surface area (Å²) in [5.41, 5.74) is 1.41. The number of hydrogen-bond donors (Lipinski definition) is 0. The average Bonchev–Trinajstić information content (AvgIpc) is 2.81. The van der Waals surface area contributed by atoms with Crippen LogP contribution in [0.15, 0.2) is 75.0 Å². The van der Waals surface area contributed by atoms with E-state index in [2.05, 4.69) is 5.16 Å². The number of methoxy groups -OCH3 is 2. The van der Waals surface area contributed by atoms with Gasteiger partial charge in [0.1, 0.15) is 42.3 Å².